The van der Waals surface area contributed by atoms with E-state index in [1.807, 2.05) is 31.2 Å². The number of aryl methyl sites for hydroxylation is 1. The molecule has 1 saturated heterocycles. The number of ether oxygens (including phenoxy) is 1. The Labute approximate surface area is 178 Å². The number of alkyl halides is 3. The highest BCUT2D eigenvalue weighted by molar-refractivity contribution is 7.89. The minimum atomic E-state index is -4.94. The third-order valence-corrected chi connectivity index (χ3v) is 6.48. The molecule has 1 amide bonds. The molecule has 1 fully saturated rings. The summed E-state index contributed by atoms with van der Waals surface area (Å²) < 4.78 is 67.9. The summed E-state index contributed by atoms with van der Waals surface area (Å²) in [6, 6.07) is 12.8. The summed E-state index contributed by atoms with van der Waals surface area (Å²) in [7, 11) is -3.93. The Balaban J connectivity index is 1.60. The first-order valence-corrected chi connectivity index (χ1v) is 11.1. The van der Waals surface area contributed by atoms with Crippen molar-refractivity contribution in [2.45, 2.75) is 13.3 Å². The smallest absolute Gasteiger partial charge is 0.404 e. The van der Waals surface area contributed by atoms with Gasteiger partial charge < -0.3 is 15.0 Å². The van der Waals surface area contributed by atoms with Crippen LogP contribution in [0.25, 0.3) is 0 Å². The summed E-state index contributed by atoms with van der Waals surface area (Å²) in [5, 5.41) is 2.19. The monoisotopic (exact) mass is 457 g/mol. The van der Waals surface area contributed by atoms with Crippen molar-refractivity contribution in [1.29, 1.82) is 0 Å². The molecule has 0 bridgehead atoms. The average molecular weight is 457 g/mol. The van der Waals surface area contributed by atoms with Crippen LogP contribution in [0.15, 0.2) is 48.5 Å². The number of carbonyl (C=O) groups is 1. The summed E-state index contributed by atoms with van der Waals surface area (Å²) in [6.07, 6.45) is -4.94. The van der Waals surface area contributed by atoms with Crippen LogP contribution in [0.4, 0.5) is 24.5 Å². The van der Waals surface area contributed by atoms with Gasteiger partial charge in [-0.2, -0.15) is 4.31 Å². The number of carbonyl (C=O) groups excluding carboxylic acids is 1. The van der Waals surface area contributed by atoms with Gasteiger partial charge in [0.1, 0.15) is 5.75 Å². The Bertz CT molecular complexity index is 1040. The van der Waals surface area contributed by atoms with Gasteiger partial charge in [0.05, 0.1) is 5.69 Å². The molecule has 1 heterocycles. The van der Waals surface area contributed by atoms with E-state index >= 15 is 0 Å². The number of benzene rings is 2. The molecule has 2 aromatic carbocycles. The van der Waals surface area contributed by atoms with E-state index in [0.29, 0.717) is 13.1 Å². The molecule has 31 heavy (non-hydrogen) atoms. The number of hydrogen-bond acceptors (Lipinski definition) is 5. The van der Waals surface area contributed by atoms with Crippen molar-refractivity contribution in [3.05, 3.63) is 54.1 Å². The van der Waals surface area contributed by atoms with Crippen LogP contribution in [-0.4, -0.2) is 56.9 Å². The second kappa shape index (κ2) is 9.15. The quantitative estimate of drug-likeness (QED) is 0.722. The van der Waals surface area contributed by atoms with Gasteiger partial charge >= 0.3 is 6.36 Å². The molecule has 0 atom stereocenters. The molecule has 0 spiro atoms. The lowest BCUT2D eigenvalue weighted by Gasteiger charge is -2.35. The second-order valence-corrected chi connectivity index (χ2v) is 9.04. The zero-order valence-corrected chi connectivity index (χ0v) is 17.5. The zero-order valence-electron chi connectivity index (χ0n) is 16.7. The number of sulfonamides is 1. The van der Waals surface area contributed by atoms with Crippen molar-refractivity contribution in [3.63, 3.8) is 0 Å². The van der Waals surface area contributed by atoms with Crippen LogP contribution in [0.3, 0.4) is 0 Å². The number of para-hydroxylation sites is 2. The van der Waals surface area contributed by atoms with Gasteiger partial charge in [0.2, 0.25) is 15.9 Å². The van der Waals surface area contributed by atoms with Crippen LogP contribution in [-0.2, 0) is 14.8 Å². The summed E-state index contributed by atoms with van der Waals surface area (Å²) in [6.45, 7) is 3.31. The van der Waals surface area contributed by atoms with Crippen LogP contribution in [0, 0.1) is 6.92 Å². The number of amides is 1. The summed E-state index contributed by atoms with van der Waals surface area (Å²) in [5.41, 5.74) is 1.83. The van der Waals surface area contributed by atoms with E-state index in [-0.39, 0.29) is 18.8 Å². The predicted molar refractivity (Wildman–Crippen MR) is 111 cm³/mol. The van der Waals surface area contributed by atoms with E-state index < -0.39 is 33.8 Å². The molecule has 1 aliphatic heterocycles. The van der Waals surface area contributed by atoms with E-state index in [0.717, 1.165) is 17.3 Å². The van der Waals surface area contributed by atoms with Gasteiger partial charge in [-0.05, 0) is 36.8 Å². The third-order valence-electron chi connectivity index (χ3n) is 4.70. The van der Waals surface area contributed by atoms with Crippen molar-refractivity contribution < 1.29 is 31.1 Å². The Morgan fingerprint density at radius 1 is 1.06 bits per heavy atom. The van der Waals surface area contributed by atoms with Gasteiger partial charge in [-0.25, -0.2) is 8.42 Å². The van der Waals surface area contributed by atoms with E-state index in [2.05, 4.69) is 15.0 Å². The first-order chi connectivity index (χ1) is 14.5. The minimum Gasteiger partial charge on any atom is -0.404 e. The van der Waals surface area contributed by atoms with Crippen LogP contribution < -0.4 is 15.0 Å². The molecule has 0 saturated carbocycles. The molecule has 2 aromatic rings. The standard InChI is InChI=1S/C20H22F3N3O4S/c1-15-5-4-6-16(13-15)25-9-11-26(12-10-25)31(28,29)14-19(27)24-17-7-2-3-8-18(17)30-20(21,22)23/h2-8,13H,9-12,14H2,1H3,(H,24,27). The maximum absolute atomic E-state index is 12.6. The minimum absolute atomic E-state index is 0.206. The molecule has 0 radical (unpaired) electrons. The molecule has 168 valence electrons. The number of rotatable bonds is 6. The Morgan fingerprint density at radius 3 is 2.39 bits per heavy atom. The van der Waals surface area contributed by atoms with Gasteiger partial charge in [0.15, 0.2) is 5.75 Å². The van der Waals surface area contributed by atoms with E-state index in [1.165, 1.54) is 22.5 Å². The molecule has 11 heteroatoms. The van der Waals surface area contributed by atoms with Crippen LogP contribution in [0.2, 0.25) is 0 Å². The number of nitrogens with one attached hydrogen (secondary N) is 1. The Hall–Kier alpha value is -2.79. The van der Waals surface area contributed by atoms with Crippen LogP contribution in [0.1, 0.15) is 5.56 Å². The summed E-state index contributed by atoms with van der Waals surface area (Å²) in [4.78, 5) is 14.3. The fourth-order valence-corrected chi connectivity index (χ4v) is 4.58. The summed E-state index contributed by atoms with van der Waals surface area (Å²) in [5.74, 6) is -2.44. The topological polar surface area (TPSA) is 79.0 Å². The van der Waals surface area contributed by atoms with E-state index in [1.54, 1.807) is 0 Å². The molecular weight excluding hydrogens is 435 g/mol. The van der Waals surface area contributed by atoms with Crippen molar-refractivity contribution in [2.75, 3.05) is 42.1 Å². The third kappa shape index (κ3) is 6.34. The molecule has 3 rings (SSSR count). The van der Waals surface area contributed by atoms with Crippen LogP contribution >= 0.6 is 0 Å². The van der Waals surface area contributed by atoms with Gasteiger partial charge in [0.25, 0.3) is 0 Å². The molecule has 0 aliphatic carbocycles. The highest BCUT2D eigenvalue weighted by atomic mass is 32.2. The van der Waals surface area contributed by atoms with Crippen molar-refractivity contribution in [3.8, 4) is 5.75 Å². The molecule has 1 N–H and O–H groups in total. The lowest BCUT2D eigenvalue weighted by molar-refractivity contribution is -0.274. The fraction of sp³-hybridized carbons (Fsp3) is 0.350. The number of piperazine rings is 1. The summed E-state index contributed by atoms with van der Waals surface area (Å²) >= 11 is 0. The van der Waals surface area contributed by atoms with Crippen LogP contribution in [0.5, 0.6) is 5.75 Å². The highest BCUT2D eigenvalue weighted by Crippen LogP contribution is 2.30. The Kier molecular flexibility index (Phi) is 6.75. The normalized spacial score (nSPS) is 15.5. The second-order valence-electron chi connectivity index (χ2n) is 7.07. The maximum Gasteiger partial charge on any atom is 0.573 e. The molecule has 1 aliphatic rings. The largest absolute Gasteiger partial charge is 0.573 e. The maximum atomic E-state index is 12.6. The lowest BCUT2D eigenvalue weighted by atomic mass is 10.2. The molecule has 0 unspecified atom stereocenters. The SMILES string of the molecule is Cc1cccc(N2CCN(S(=O)(=O)CC(=O)Nc3ccccc3OC(F)(F)F)CC2)c1. The Morgan fingerprint density at radius 2 is 1.74 bits per heavy atom. The van der Waals surface area contributed by atoms with Crippen molar-refractivity contribution >= 4 is 27.3 Å². The first-order valence-electron chi connectivity index (χ1n) is 9.47. The number of halogens is 3. The zero-order chi connectivity index (χ0) is 22.6. The number of hydrogen-bond donors (Lipinski definition) is 1. The lowest BCUT2D eigenvalue weighted by Crippen LogP contribution is -2.50. The molecule has 0 aromatic heterocycles. The van der Waals surface area contributed by atoms with Gasteiger partial charge in [0, 0.05) is 31.9 Å². The van der Waals surface area contributed by atoms with Gasteiger partial charge in [-0.15, -0.1) is 13.2 Å². The first kappa shape index (κ1) is 22.9. The van der Waals surface area contributed by atoms with E-state index in [4.69, 9.17) is 0 Å². The number of anilines is 2. The number of nitrogens with zero attached hydrogens (tertiary/aromatic N) is 2. The molecular formula is C20H22F3N3O4S. The van der Waals surface area contributed by atoms with E-state index in [9.17, 15) is 26.4 Å². The van der Waals surface area contributed by atoms with Crippen molar-refractivity contribution in [1.82, 2.24) is 4.31 Å². The average Bonchev–Trinajstić information content (AvgIpc) is 2.68. The molecule has 7 nitrogen and oxygen atoms in total. The van der Waals surface area contributed by atoms with Crippen molar-refractivity contribution in [2.24, 2.45) is 0 Å². The van der Waals surface area contributed by atoms with Gasteiger partial charge in [-0.1, -0.05) is 24.3 Å². The fourth-order valence-electron chi connectivity index (χ4n) is 3.28. The predicted octanol–water partition coefficient (Wildman–Crippen LogP) is 2.98. The van der Waals surface area contributed by atoms with Gasteiger partial charge in [-0.3, -0.25) is 4.79 Å². The highest BCUT2D eigenvalue weighted by Gasteiger charge is 2.33.